The molecule has 2 rings (SSSR count). The van der Waals surface area contributed by atoms with E-state index in [1.165, 1.54) is 4.90 Å². The summed E-state index contributed by atoms with van der Waals surface area (Å²) >= 11 is -0.250. The van der Waals surface area contributed by atoms with Crippen molar-refractivity contribution < 1.29 is 8.76 Å². The average molecular weight is 244 g/mol. The van der Waals surface area contributed by atoms with Crippen molar-refractivity contribution in [2.75, 3.05) is 17.6 Å². The van der Waals surface area contributed by atoms with Gasteiger partial charge in [0.2, 0.25) is 11.3 Å². The molecular weight excluding hydrogens is 232 g/mol. The first kappa shape index (κ1) is 10.9. The summed E-state index contributed by atoms with van der Waals surface area (Å²) in [6.45, 7) is 0.663. The van der Waals surface area contributed by atoms with Crippen LogP contribution in [0.4, 0.5) is 5.69 Å². The molecule has 1 aromatic rings. The van der Waals surface area contributed by atoms with Gasteiger partial charge in [0.15, 0.2) is 0 Å². The summed E-state index contributed by atoms with van der Waals surface area (Å²) in [6.07, 6.45) is 0. The smallest absolute Gasteiger partial charge is 0.232 e. The maximum Gasteiger partial charge on any atom is 0.232 e. The van der Waals surface area contributed by atoms with Gasteiger partial charge in [-0.15, -0.1) is 11.8 Å². The van der Waals surface area contributed by atoms with Crippen molar-refractivity contribution in [1.82, 2.24) is 4.72 Å². The molecule has 1 aliphatic heterocycles. The van der Waals surface area contributed by atoms with E-state index >= 15 is 0 Å². The van der Waals surface area contributed by atoms with Crippen LogP contribution in [0.5, 0.6) is 0 Å². The molecule has 1 aliphatic rings. The van der Waals surface area contributed by atoms with Gasteiger partial charge in [0.05, 0.1) is 0 Å². The minimum Gasteiger partial charge on any atom is -0.383 e. The average Bonchev–Trinajstić information content (AvgIpc) is 2.41. The third kappa shape index (κ3) is 2.94. The van der Waals surface area contributed by atoms with Gasteiger partial charge in [-0.3, -0.25) is 4.55 Å². The molecule has 0 amide bonds. The summed E-state index contributed by atoms with van der Waals surface area (Å²) in [5.41, 5.74) is 1.09. The van der Waals surface area contributed by atoms with Gasteiger partial charge < -0.3 is 5.32 Å². The summed E-state index contributed by atoms with van der Waals surface area (Å²) in [6, 6.07) is 8.04. The van der Waals surface area contributed by atoms with Crippen LogP contribution in [-0.2, 0) is 11.3 Å². The zero-order valence-electron chi connectivity index (χ0n) is 7.97. The first-order chi connectivity index (χ1) is 7.25. The normalized spacial score (nSPS) is 22.3. The Bertz CT molecular complexity index is 346. The van der Waals surface area contributed by atoms with Gasteiger partial charge in [-0.1, -0.05) is 12.1 Å². The fourth-order valence-electron chi connectivity index (χ4n) is 1.44. The fourth-order valence-corrected chi connectivity index (χ4v) is 3.05. The van der Waals surface area contributed by atoms with Gasteiger partial charge in [0, 0.05) is 28.9 Å². The Morgan fingerprint density at radius 3 is 3.13 bits per heavy atom. The molecule has 0 saturated heterocycles. The molecule has 2 unspecified atom stereocenters. The van der Waals surface area contributed by atoms with Crippen LogP contribution < -0.4 is 10.0 Å². The highest BCUT2D eigenvalue weighted by Gasteiger charge is 2.16. The van der Waals surface area contributed by atoms with Gasteiger partial charge in [-0.05, 0) is 12.1 Å². The maximum absolute atomic E-state index is 10.6. The second-order valence-corrected chi connectivity index (χ2v) is 5.05. The van der Waals surface area contributed by atoms with Gasteiger partial charge in [-0.2, -0.15) is 0 Å². The number of rotatable bonds is 2. The highest BCUT2D eigenvalue weighted by molar-refractivity contribution is 7.99. The van der Waals surface area contributed by atoms with E-state index in [0.29, 0.717) is 6.54 Å². The molecule has 0 bridgehead atoms. The molecule has 0 fully saturated rings. The minimum absolute atomic E-state index is 0.00762. The quantitative estimate of drug-likeness (QED) is 0.686. The molecule has 0 aromatic heterocycles. The lowest BCUT2D eigenvalue weighted by molar-refractivity contribution is 0.536. The second kappa shape index (κ2) is 4.98. The van der Waals surface area contributed by atoms with E-state index in [9.17, 15) is 4.21 Å². The molecule has 4 nitrogen and oxygen atoms in total. The molecule has 2 atom stereocenters. The standard InChI is InChI=1S/C9H12N2O2S2/c12-15(13)11-7-5-10-8-3-1-2-4-9(8)14-6-7/h1-4,7,10-11H,5-6H2,(H,12,13). The minimum atomic E-state index is -1.94. The lowest BCUT2D eigenvalue weighted by atomic mass is 10.3. The number of anilines is 1. The van der Waals surface area contributed by atoms with Gasteiger partial charge >= 0.3 is 0 Å². The Kier molecular flexibility index (Phi) is 3.63. The second-order valence-electron chi connectivity index (χ2n) is 3.25. The van der Waals surface area contributed by atoms with E-state index < -0.39 is 11.3 Å². The van der Waals surface area contributed by atoms with Crippen molar-refractivity contribution in [2.24, 2.45) is 0 Å². The SMILES string of the molecule is O=S(O)NC1CNc2ccccc2SC1. The zero-order chi connectivity index (χ0) is 10.7. The molecule has 1 heterocycles. The van der Waals surface area contributed by atoms with E-state index in [1.54, 1.807) is 11.8 Å². The predicted octanol–water partition coefficient (Wildman–Crippen LogP) is 1.30. The monoisotopic (exact) mass is 244 g/mol. The van der Waals surface area contributed by atoms with Crippen molar-refractivity contribution in [3.05, 3.63) is 24.3 Å². The number of nitrogens with one attached hydrogen (secondary N) is 2. The summed E-state index contributed by atoms with van der Waals surface area (Å²) in [5, 5.41) is 3.25. The topological polar surface area (TPSA) is 61.4 Å². The molecule has 0 spiro atoms. The van der Waals surface area contributed by atoms with Crippen LogP contribution in [0.1, 0.15) is 0 Å². The van der Waals surface area contributed by atoms with Gasteiger partial charge in [-0.25, -0.2) is 8.93 Å². The van der Waals surface area contributed by atoms with E-state index in [4.69, 9.17) is 4.55 Å². The largest absolute Gasteiger partial charge is 0.383 e. The van der Waals surface area contributed by atoms with Crippen LogP contribution in [0.25, 0.3) is 0 Å². The molecule has 0 saturated carbocycles. The lowest BCUT2D eigenvalue weighted by Crippen LogP contribution is -2.37. The van der Waals surface area contributed by atoms with E-state index in [1.807, 2.05) is 24.3 Å². The predicted molar refractivity (Wildman–Crippen MR) is 63.4 cm³/mol. The van der Waals surface area contributed by atoms with Crippen LogP contribution in [0.3, 0.4) is 0 Å². The molecule has 15 heavy (non-hydrogen) atoms. The fraction of sp³-hybridized carbons (Fsp3) is 0.333. The summed E-state index contributed by atoms with van der Waals surface area (Å²) in [5.74, 6) is 0.788. The summed E-state index contributed by atoms with van der Waals surface area (Å²) < 4.78 is 22.0. The number of hydrogen-bond donors (Lipinski definition) is 3. The van der Waals surface area contributed by atoms with Crippen molar-refractivity contribution in [3.63, 3.8) is 0 Å². The van der Waals surface area contributed by atoms with Crippen LogP contribution in [-0.4, -0.2) is 27.1 Å². The lowest BCUT2D eigenvalue weighted by Gasteiger charge is -2.12. The van der Waals surface area contributed by atoms with Crippen molar-refractivity contribution in [2.45, 2.75) is 10.9 Å². The van der Waals surface area contributed by atoms with Crippen molar-refractivity contribution in [3.8, 4) is 0 Å². The Labute approximate surface area is 95.3 Å². The molecule has 82 valence electrons. The number of hydrogen-bond acceptors (Lipinski definition) is 3. The first-order valence-electron chi connectivity index (χ1n) is 4.58. The Balaban J connectivity index is 2.05. The van der Waals surface area contributed by atoms with Crippen LogP contribution in [0.15, 0.2) is 29.2 Å². The highest BCUT2D eigenvalue weighted by atomic mass is 32.2. The van der Waals surface area contributed by atoms with Crippen LogP contribution in [0.2, 0.25) is 0 Å². The van der Waals surface area contributed by atoms with Crippen LogP contribution >= 0.6 is 11.8 Å². The number of benzene rings is 1. The van der Waals surface area contributed by atoms with Crippen molar-refractivity contribution >= 4 is 28.7 Å². The van der Waals surface area contributed by atoms with Crippen molar-refractivity contribution in [1.29, 1.82) is 0 Å². The number of para-hydroxylation sites is 1. The molecular formula is C9H12N2O2S2. The van der Waals surface area contributed by atoms with Gasteiger partial charge in [0.25, 0.3) is 0 Å². The maximum atomic E-state index is 10.6. The summed E-state index contributed by atoms with van der Waals surface area (Å²) in [7, 11) is 0. The zero-order valence-corrected chi connectivity index (χ0v) is 9.61. The van der Waals surface area contributed by atoms with E-state index in [0.717, 1.165) is 11.4 Å². The number of thioether (sulfide) groups is 1. The summed E-state index contributed by atoms with van der Waals surface area (Å²) in [4.78, 5) is 1.19. The van der Waals surface area contributed by atoms with E-state index in [-0.39, 0.29) is 6.04 Å². The first-order valence-corrected chi connectivity index (χ1v) is 6.67. The Hall–Kier alpha value is -0.560. The molecule has 3 N–H and O–H groups in total. The third-order valence-corrected chi connectivity index (χ3v) is 3.90. The molecule has 1 aromatic carbocycles. The Morgan fingerprint density at radius 2 is 2.33 bits per heavy atom. The number of fused-ring (bicyclic) bond motifs is 1. The third-order valence-electron chi connectivity index (χ3n) is 2.13. The molecule has 0 aliphatic carbocycles. The van der Waals surface area contributed by atoms with Gasteiger partial charge in [0.1, 0.15) is 0 Å². The van der Waals surface area contributed by atoms with Crippen LogP contribution in [0, 0.1) is 0 Å². The molecule has 6 heteroatoms. The Morgan fingerprint density at radius 1 is 1.53 bits per heavy atom. The highest BCUT2D eigenvalue weighted by Crippen LogP contribution is 2.29. The van der Waals surface area contributed by atoms with E-state index in [2.05, 4.69) is 10.0 Å². The molecule has 0 radical (unpaired) electrons.